The number of benzene rings is 2. The summed E-state index contributed by atoms with van der Waals surface area (Å²) >= 11 is 0. The minimum absolute atomic E-state index is 0.00219. The second-order valence-electron chi connectivity index (χ2n) is 11.9. The Labute approximate surface area is 236 Å². The van der Waals surface area contributed by atoms with Gasteiger partial charge in [-0.2, -0.15) is 4.39 Å². The highest BCUT2D eigenvalue weighted by Crippen LogP contribution is 2.43. The average molecular weight is 561 g/mol. The van der Waals surface area contributed by atoms with Crippen LogP contribution in [0.2, 0.25) is 0 Å². The normalized spacial score (nSPS) is 24.1. The Hall–Kier alpha value is -2.34. The standard InChI is InChI=1S/C34H44F4O2/c1-3-5-21-40-30-20-17-26(31(35)34(30)38)12-9-22-7-10-23(11-8-22)27-18-19-28(33(37)32(27)36)24-13-15-25(16-14-24)29(39)6-4-2/h3,17-20,22-25,29,39H,1,4-16,21H2,2H3. The van der Waals surface area contributed by atoms with Crippen molar-refractivity contribution < 1.29 is 27.4 Å². The van der Waals surface area contributed by atoms with Gasteiger partial charge in [-0.1, -0.05) is 37.6 Å². The van der Waals surface area contributed by atoms with Crippen molar-refractivity contribution in [1.29, 1.82) is 0 Å². The summed E-state index contributed by atoms with van der Waals surface area (Å²) in [7, 11) is 0. The number of rotatable bonds is 12. The van der Waals surface area contributed by atoms with Crippen LogP contribution in [0.3, 0.4) is 0 Å². The number of ether oxygens (including phenoxy) is 1. The van der Waals surface area contributed by atoms with Gasteiger partial charge in [0.25, 0.3) is 0 Å². The Morgan fingerprint density at radius 3 is 2.02 bits per heavy atom. The first kappa shape index (κ1) is 30.6. The van der Waals surface area contributed by atoms with Gasteiger partial charge in [0.1, 0.15) is 0 Å². The molecule has 40 heavy (non-hydrogen) atoms. The topological polar surface area (TPSA) is 29.5 Å². The van der Waals surface area contributed by atoms with Crippen LogP contribution in [0, 0.1) is 35.1 Å². The molecule has 1 N–H and O–H groups in total. The minimum atomic E-state index is -0.951. The van der Waals surface area contributed by atoms with E-state index in [1.165, 1.54) is 6.07 Å². The van der Waals surface area contributed by atoms with E-state index in [0.717, 1.165) is 70.6 Å². The molecule has 2 aromatic carbocycles. The van der Waals surface area contributed by atoms with Gasteiger partial charge >= 0.3 is 0 Å². The van der Waals surface area contributed by atoms with E-state index >= 15 is 8.78 Å². The molecule has 2 saturated carbocycles. The molecule has 2 aliphatic rings. The van der Waals surface area contributed by atoms with Gasteiger partial charge in [0.15, 0.2) is 23.2 Å². The number of hydrogen-bond acceptors (Lipinski definition) is 2. The molecule has 0 spiro atoms. The smallest absolute Gasteiger partial charge is 0.200 e. The van der Waals surface area contributed by atoms with Crippen LogP contribution in [0.1, 0.15) is 112 Å². The lowest BCUT2D eigenvalue weighted by molar-refractivity contribution is 0.0727. The summed E-state index contributed by atoms with van der Waals surface area (Å²) in [5, 5.41) is 10.3. The van der Waals surface area contributed by atoms with E-state index in [2.05, 4.69) is 13.5 Å². The number of aliphatic hydroxyl groups excluding tert-OH is 1. The molecular weight excluding hydrogens is 516 g/mol. The van der Waals surface area contributed by atoms with Gasteiger partial charge in [0, 0.05) is 0 Å². The second kappa shape index (κ2) is 14.5. The summed E-state index contributed by atoms with van der Waals surface area (Å²) in [5.74, 6) is -2.72. The molecular formula is C34H44F4O2. The summed E-state index contributed by atoms with van der Waals surface area (Å²) in [6.45, 7) is 5.90. The molecule has 0 heterocycles. The summed E-state index contributed by atoms with van der Waals surface area (Å²) < 4.78 is 64.8. The fraction of sp³-hybridized carbons (Fsp3) is 0.588. The molecule has 1 unspecified atom stereocenters. The zero-order valence-electron chi connectivity index (χ0n) is 23.7. The van der Waals surface area contributed by atoms with Crippen LogP contribution in [0.15, 0.2) is 36.9 Å². The molecule has 2 nitrogen and oxygen atoms in total. The van der Waals surface area contributed by atoms with Crippen molar-refractivity contribution in [3.8, 4) is 5.75 Å². The highest BCUT2D eigenvalue weighted by Gasteiger charge is 2.31. The molecule has 4 rings (SSSR count). The first-order valence-electron chi connectivity index (χ1n) is 15.2. The molecule has 2 aromatic rings. The summed E-state index contributed by atoms with van der Waals surface area (Å²) in [6.07, 6.45) is 11.3. The Balaban J connectivity index is 1.29. The van der Waals surface area contributed by atoms with Crippen LogP contribution >= 0.6 is 0 Å². The number of hydrogen-bond donors (Lipinski definition) is 1. The monoisotopic (exact) mass is 560 g/mol. The predicted molar refractivity (Wildman–Crippen MR) is 152 cm³/mol. The molecule has 6 heteroatoms. The van der Waals surface area contributed by atoms with Crippen LogP contribution in [-0.2, 0) is 6.42 Å². The van der Waals surface area contributed by atoms with Gasteiger partial charge in [0.2, 0.25) is 5.82 Å². The van der Waals surface area contributed by atoms with E-state index in [0.29, 0.717) is 35.4 Å². The molecule has 0 radical (unpaired) electrons. The van der Waals surface area contributed by atoms with Crippen molar-refractivity contribution in [2.45, 2.75) is 108 Å². The van der Waals surface area contributed by atoms with E-state index < -0.39 is 23.3 Å². The Morgan fingerprint density at radius 1 is 0.850 bits per heavy atom. The third kappa shape index (κ3) is 7.29. The second-order valence-corrected chi connectivity index (χ2v) is 11.9. The van der Waals surface area contributed by atoms with Crippen molar-refractivity contribution >= 4 is 0 Å². The number of aliphatic hydroxyl groups is 1. The molecule has 0 amide bonds. The first-order chi connectivity index (χ1) is 19.3. The highest BCUT2D eigenvalue weighted by atomic mass is 19.2. The molecule has 0 aromatic heterocycles. The van der Waals surface area contributed by atoms with Gasteiger partial charge in [0.05, 0.1) is 12.7 Å². The van der Waals surface area contributed by atoms with Gasteiger partial charge in [-0.15, -0.1) is 6.58 Å². The zero-order chi connectivity index (χ0) is 28.6. The van der Waals surface area contributed by atoms with Gasteiger partial charge in [-0.05, 0) is 123 Å². The molecule has 2 aliphatic carbocycles. The number of halogens is 4. The third-order valence-corrected chi connectivity index (χ3v) is 9.30. The summed E-state index contributed by atoms with van der Waals surface area (Å²) in [6, 6.07) is 6.64. The molecule has 220 valence electrons. The van der Waals surface area contributed by atoms with Crippen molar-refractivity contribution in [2.75, 3.05) is 6.61 Å². The maximum absolute atomic E-state index is 15.3. The van der Waals surface area contributed by atoms with Gasteiger partial charge < -0.3 is 9.84 Å². The van der Waals surface area contributed by atoms with Gasteiger partial charge in [-0.25, -0.2) is 13.2 Å². The largest absolute Gasteiger partial charge is 0.490 e. The SMILES string of the molecule is C=CCCOc1ccc(CCC2CCC(c3ccc(C4CCC(C(O)CCC)CC4)c(F)c3F)CC2)c(F)c1F. The lowest BCUT2D eigenvalue weighted by atomic mass is 9.74. The lowest BCUT2D eigenvalue weighted by Crippen LogP contribution is -2.25. The van der Waals surface area contributed by atoms with E-state index in [4.69, 9.17) is 4.74 Å². The van der Waals surface area contributed by atoms with Crippen LogP contribution in [-0.4, -0.2) is 17.8 Å². The van der Waals surface area contributed by atoms with E-state index in [9.17, 15) is 13.9 Å². The fourth-order valence-electron chi connectivity index (χ4n) is 6.81. The van der Waals surface area contributed by atoms with E-state index in [1.54, 1.807) is 24.3 Å². The van der Waals surface area contributed by atoms with Crippen LogP contribution in [0.25, 0.3) is 0 Å². The average Bonchev–Trinajstić information content (AvgIpc) is 2.97. The van der Waals surface area contributed by atoms with Crippen molar-refractivity contribution in [3.05, 3.63) is 76.9 Å². The maximum atomic E-state index is 15.3. The first-order valence-corrected chi connectivity index (χ1v) is 15.2. The predicted octanol–water partition coefficient (Wildman–Crippen LogP) is 9.54. The highest BCUT2D eigenvalue weighted by molar-refractivity contribution is 5.33. The lowest BCUT2D eigenvalue weighted by Gasteiger charge is -2.32. The Kier molecular flexibility index (Phi) is 11.1. The summed E-state index contributed by atoms with van der Waals surface area (Å²) in [4.78, 5) is 0. The molecule has 1 atom stereocenters. The molecule has 2 fully saturated rings. The number of aryl methyl sites for hydroxylation is 1. The fourth-order valence-corrected chi connectivity index (χ4v) is 6.81. The van der Waals surface area contributed by atoms with E-state index in [-0.39, 0.29) is 36.2 Å². The zero-order valence-corrected chi connectivity index (χ0v) is 23.7. The van der Waals surface area contributed by atoms with Gasteiger partial charge in [-0.3, -0.25) is 0 Å². The maximum Gasteiger partial charge on any atom is 0.200 e. The molecule has 0 saturated heterocycles. The van der Waals surface area contributed by atoms with Crippen molar-refractivity contribution in [2.24, 2.45) is 11.8 Å². The quantitative estimate of drug-likeness (QED) is 0.159. The third-order valence-electron chi connectivity index (χ3n) is 9.30. The van der Waals surface area contributed by atoms with Crippen molar-refractivity contribution in [1.82, 2.24) is 0 Å². The Morgan fingerprint density at radius 2 is 1.45 bits per heavy atom. The van der Waals surface area contributed by atoms with Crippen LogP contribution in [0.4, 0.5) is 17.6 Å². The molecule has 0 bridgehead atoms. The van der Waals surface area contributed by atoms with E-state index in [1.807, 2.05) is 0 Å². The summed E-state index contributed by atoms with van der Waals surface area (Å²) in [5.41, 5.74) is 1.28. The van der Waals surface area contributed by atoms with Crippen LogP contribution in [0.5, 0.6) is 5.75 Å². The Bertz CT molecular complexity index is 1120. The molecule has 0 aliphatic heterocycles. The van der Waals surface area contributed by atoms with Crippen LogP contribution < -0.4 is 4.74 Å². The van der Waals surface area contributed by atoms with Crippen molar-refractivity contribution in [3.63, 3.8) is 0 Å². The minimum Gasteiger partial charge on any atom is -0.490 e.